The molecule has 6 nitrogen and oxygen atoms in total. The molecule has 1 N–H and O–H groups in total. The molecular formula is C17H17N3O3. The molecule has 0 fully saturated rings. The summed E-state index contributed by atoms with van der Waals surface area (Å²) >= 11 is 0. The van der Waals surface area contributed by atoms with E-state index in [4.69, 9.17) is 4.74 Å². The van der Waals surface area contributed by atoms with E-state index in [9.17, 15) is 10.1 Å². The Morgan fingerprint density at radius 1 is 1.17 bits per heavy atom. The van der Waals surface area contributed by atoms with Crippen LogP contribution in [0.2, 0.25) is 0 Å². The van der Waals surface area contributed by atoms with Gasteiger partial charge in [-0.2, -0.15) is 0 Å². The SMILES string of the molecule is O=[N+]([O-])c1ccccc1COc1ccc(C2=NCCCN2)cc1. The first-order valence-corrected chi connectivity index (χ1v) is 7.48. The molecule has 0 bridgehead atoms. The number of ether oxygens (including phenoxy) is 1. The Morgan fingerprint density at radius 3 is 2.65 bits per heavy atom. The van der Waals surface area contributed by atoms with Crippen molar-refractivity contribution in [2.24, 2.45) is 4.99 Å². The summed E-state index contributed by atoms with van der Waals surface area (Å²) in [5.74, 6) is 1.57. The quantitative estimate of drug-likeness (QED) is 0.680. The van der Waals surface area contributed by atoms with E-state index in [0.717, 1.165) is 30.9 Å². The van der Waals surface area contributed by atoms with E-state index in [-0.39, 0.29) is 12.3 Å². The van der Waals surface area contributed by atoms with E-state index in [1.807, 2.05) is 24.3 Å². The first kappa shape index (κ1) is 15.0. The van der Waals surface area contributed by atoms with E-state index < -0.39 is 4.92 Å². The molecule has 1 heterocycles. The Balaban J connectivity index is 1.67. The molecule has 0 saturated carbocycles. The second-order valence-corrected chi connectivity index (χ2v) is 5.21. The molecule has 23 heavy (non-hydrogen) atoms. The molecule has 118 valence electrons. The highest BCUT2D eigenvalue weighted by Crippen LogP contribution is 2.21. The molecule has 2 aromatic carbocycles. The Hall–Kier alpha value is -2.89. The Morgan fingerprint density at radius 2 is 1.96 bits per heavy atom. The monoisotopic (exact) mass is 311 g/mol. The largest absolute Gasteiger partial charge is 0.489 e. The highest BCUT2D eigenvalue weighted by molar-refractivity contribution is 5.99. The van der Waals surface area contributed by atoms with Crippen molar-refractivity contribution < 1.29 is 9.66 Å². The topological polar surface area (TPSA) is 76.8 Å². The van der Waals surface area contributed by atoms with Crippen molar-refractivity contribution in [1.82, 2.24) is 5.32 Å². The van der Waals surface area contributed by atoms with Crippen molar-refractivity contribution in [3.05, 3.63) is 69.8 Å². The number of aliphatic imine (C=N–C) groups is 1. The van der Waals surface area contributed by atoms with Gasteiger partial charge in [0.05, 0.1) is 10.5 Å². The van der Waals surface area contributed by atoms with Crippen molar-refractivity contribution >= 4 is 11.5 Å². The van der Waals surface area contributed by atoms with E-state index in [2.05, 4.69) is 10.3 Å². The van der Waals surface area contributed by atoms with E-state index in [0.29, 0.717) is 11.3 Å². The van der Waals surface area contributed by atoms with Gasteiger partial charge < -0.3 is 10.1 Å². The van der Waals surface area contributed by atoms with Crippen LogP contribution in [-0.2, 0) is 6.61 Å². The minimum atomic E-state index is -0.394. The van der Waals surface area contributed by atoms with Crippen LogP contribution in [0, 0.1) is 10.1 Å². The lowest BCUT2D eigenvalue weighted by molar-refractivity contribution is -0.385. The fraction of sp³-hybridized carbons (Fsp3) is 0.235. The zero-order valence-corrected chi connectivity index (χ0v) is 12.6. The molecular weight excluding hydrogens is 294 g/mol. The average molecular weight is 311 g/mol. The summed E-state index contributed by atoms with van der Waals surface area (Å²) in [7, 11) is 0. The Labute approximate surface area is 134 Å². The van der Waals surface area contributed by atoms with Crippen LogP contribution >= 0.6 is 0 Å². The van der Waals surface area contributed by atoms with Crippen LogP contribution in [0.1, 0.15) is 17.5 Å². The molecule has 6 heteroatoms. The van der Waals surface area contributed by atoms with Crippen LogP contribution < -0.4 is 10.1 Å². The third kappa shape index (κ3) is 3.66. The van der Waals surface area contributed by atoms with Crippen molar-refractivity contribution in [3.63, 3.8) is 0 Å². The summed E-state index contributed by atoms with van der Waals surface area (Å²) in [4.78, 5) is 15.0. The number of hydrogen-bond acceptors (Lipinski definition) is 5. The number of rotatable bonds is 5. The summed E-state index contributed by atoms with van der Waals surface area (Å²) in [5, 5.41) is 14.2. The van der Waals surface area contributed by atoms with Crippen LogP contribution in [0.25, 0.3) is 0 Å². The summed E-state index contributed by atoms with van der Waals surface area (Å²) in [5.41, 5.74) is 1.65. The van der Waals surface area contributed by atoms with Gasteiger partial charge in [0, 0.05) is 24.7 Å². The standard InChI is InChI=1S/C17H17N3O3/c21-20(22)16-5-2-1-4-14(16)12-23-15-8-6-13(7-9-15)17-18-10-3-11-19-17/h1-2,4-9H,3,10-12H2,(H,18,19). The van der Waals surface area contributed by atoms with Gasteiger partial charge in [0.2, 0.25) is 0 Å². The summed E-state index contributed by atoms with van der Waals surface area (Å²) < 4.78 is 5.66. The highest BCUT2D eigenvalue weighted by atomic mass is 16.6. The van der Waals surface area contributed by atoms with Crippen LogP contribution in [-0.4, -0.2) is 23.8 Å². The summed E-state index contributed by atoms with van der Waals surface area (Å²) in [6.45, 7) is 1.95. The van der Waals surface area contributed by atoms with Crippen LogP contribution in [0.5, 0.6) is 5.75 Å². The Bertz CT molecular complexity index is 726. The fourth-order valence-corrected chi connectivity index (χ4v) is 2.41. The minimum absolute atomic E-state index is 0.0740. The summed E-state index contributed by atoms with van der Waals surface area (Å²) in [6, 6.07) is 14.2. The lowest BCUT2D eigenvalue weighted by Gasteiger charge is -2.15. The van der Waals surface area contributed by atoms with Crippen molar-refractivity contribution in [2.75, 3.05) is 13.1 Å². The zero-order valence-electron chi connectivity index (χ0n) is 12.6. The molecule has 0 amide bonds. The highest BCUT2D eigenvalue weighted by Gasteiger charge is 2.13. The molecule has 0 spiro atoms. The van der Waals surface area contributed by atoms with Gasteiger partial charge in [0.25, 0.3) is 5.69 Å². The number of amidine groups is 1. The number of benzene rings is 2. The van der Waals surface area contributed by atoms with Gasteiger partial charge >= 0.3 is 0 Å². The first-order chi connectivity index (χ1) is 11.2. The molecule has 1 aliphatic rings. The molecule has 0 saturated heterocycles. The number of para-hydroxylation sites is 1. The molecule has 0 atom stereocenters. The number of nitro groups is 1. The molecule has 0 aliphatic carbocycles. The fourth-order valence-electron chi connectivity index (χ4n) is 2.41. The minimum Gasteiger partial charge on any atom is -0.489 e. The number of nitrogens with one attached hydrogen (secondary N) is 1. The number of hydrogen-bond donors (Lipinski definition) is 1. The smallest absolute Gasteiger partial charge is 0.276 e. The van der Waals surface area contributed by atoms with E-state index >= 15 is 0 Å². The summed E-state index contributed by atoms with van der Waals surface area (Å²) in [6.07, 6.45) is 1.06. The second-order valence-electron chi connectivity index (χ2n) is 5.21. The predicted molar refractivity (Wildman–Crippen MR) is 87.9 cm³/mol. The molecule has 3 rings (SSSR count). The van der Waals surface area contributed by atoms with E-state index in [1.165, 1.54) is 6.07 Å². The van der Waals surface area contributed by atoms with Gasteiger partial charge in [-0.05, 0) is 36.8 Å². The van der Waals surface area contributed by atoms with Gasteiger partial charge in [0.1, 0.15) is 18.2 Å². The third-order valence-electron chi connectivity index (χ3n) is 3.61. The van der Waals surface area contributed by atoms with Gasteiger partial charge in [-0.3, -0.25) is 15.1 Å². The maximum Gasteiger partial charge on any atom is 0.276 e. The Kier molecular flexibility index (Phi) is 4.52. The van der Waals surface area contributed by atoms with Gasteiger partial charge in [-0.25, -0.2) is 0 Å². The molecule has 0 unspecified atom stereocenters. The second kappa shape index (κ2) is 6.91. The molecule has 1 aliphatic heterocycles. The molecule has 0 radical (unpaired) electrons. The average Bonchev–Trinajstić information content (AvgIpc) is 2.61. The van der Waals surface area contributed by atoms with Crippen molar-refractivity contribution in [2.45, 2.75) is 13.0 Å². The lowest BCUT2D eigenvalue weighted by Crippen LogP contribution is -2.30. The maximum atomic E-state index is 11.0. The molecule has 2 aromatic rings. The van der Waals surface area contributed by atoms with Gasteiger partial charge in [-0.1, -0.05) is 12.1 Å². The normalized spacial score (nSPS) is 13.8. The van der Waals surface area contributed by atoms with Gasteiger partial charge in [0.15, 0.2) is 0 Å². The molecule has 0 aromatic heterocycles. The number of nitrogens with zero attached hydrogens (tertiary/aromatic N) is 2. The van der Waals surface area contributed by atoms with Crippen molar-refractivity contribution in [1.29, 1.82) is 0 Å². The predicted octanol–water partition coefficient (Wildman–Crippen LogP) is 2.91. The maximum absolute atomic E-state index is 11.0. The van der Waals surface area contributed by atoms with Crippen LogP contribution in [0.3, 0.4) is 0 Å². The van der Waals surface area contributed by atoms with Crippen molar-refractivity contribution in [3.8, 4) is 5.75 Å². The third-order valence-corrected chi connectivity index (χ3v) is 3.61. The number of nitro benzene ring substituents is 1. The van der Waals surface area contributed by atoms with Gasteiger partial charge in [-0.15, -0.1) is 0 Å². The first-order valence-electron chi connectivity index (χ1n) is 7.48. The van der Waals surface area contributed by atoms with Crippen LogP contribution in [0.4, 0.5) is 5.69 Å². The van der Waals surface area contributed by atoms with Crippen LogP contribution in [0.15, 0.2) is 53.5 Å². The lowest BCUT2D eigenvalue weighted by atomic mass is 10.1. The van der Waals surface area contributed by atoms with E-state index in [1.54, 1.807) is 18.2 Å². The zero-order chi connectivity index (χ0) is 16.1.